The first kappa shape index (κ1) is 18.4. The fourth-order valence-electron chi connectivity index (χ4n) is 4.03. The van der Waals surface area contributed by atoms with Gasteiger partial charge in [0.25, 0.3) is 5.91 Å². The average Bonchev–Trinajstić information content (AvgIpc) is 2.98. The maximum atomic E-state index is 12.7. The monoisotopic (exact) mass is 345 g/mol. The van der Waals surface area contributed by atoms with Crippen molar-refractivity contribution in [1.82, 2.24) is 15.1 Å². The van der Waals surface area contributed by atoms with Crippen molar-refractivity contribution in [3.05, 3.63) is 35.4 Å². The number of likely N-dealkylation sites (tertiary alicyclic amines) is 1. The van der Waals surface area contributed by atoms with Crippen LogP contribution < -0.4 is 5.32 Å². The lowest BCUT2D eigenvalue weighted by Crippen LogP contribution is -2.44. The molecule has 1 aromatic carbocycles. The number of nitrogens with zero attached hydrogens (tertiary/aromatic N) is 2. The Labute approximate surface area is 151 Å². The Hall–Kier alpha value is -1.43. The molecule has 3 rings (SSSR count). The van der Waals surface area contributed by atoms with E-state index in [4.69, 9.17) is 4.74 Å². The highest BCUT2D eigenvalue weighted by Gasteiger charge is 2.37. The Morgan fingerprint density at radius 2 is 1.88 bits per heavy atom. The normalized spacial score (nSPS) is 25.4. The number of aryl methyl sites for hydroxylation is 1. The zero-order chi connectivity index (χ0) is 17.8. The Bertz CT molecular complexity index is 567. The lowest BCUT2D eigenvalue weighted by molar-refractivity contribution is 0.0403. The van der Waals surface area contributed by atoms with E-state index in [1.54, 1.807) is 0 Å². The second kappa shape index (κ2) is 8.30. The number of hydrogen-bond acceptors (Lipinski definition) is 4. The molecule has 1 N–H and O–H groups in total. The van der Waals surface area contributed by atoms with Crippen molar-refractivity contribution in [1.29, 1.82) is 0 Å². The van der Waals surface area contributed by atoms with Gasteiger partial charge in [-0.15, -0.1) is 0 Å². The summed E-state index contributed by atoms with van der Waals surface area (Å²) < 4.78 is 5.50. The van der Waals surface area contributed by atoms with Crippen molar-refractivity contribution in [3.8, 4) is 0 Å². The molecule has 2 aliphatic rings. The van der Waals surface area contributed by atoms with E-state index >= 15 is 0 Å². The molecule has 2 saturated heterocycles. The molecule has 0 bridgehead atoms. The SMILES string of the molecule is Cc1ccc(C(=O)N[C@@H]2CN(C3CCOCC3)C[C@H]2CN(C)C)cc1. The summed E-state index contributed by atoms with van der Waals surface area (Å²) >= 11 is 0. The van der Waals surface area contributed by atoms with E-state index in [0.29, 0.717) is 12.0 Å². The molecule has 2 aliphatic heterocycles. The highest BCUT2D eigenvalue weighted by atomic mass is 16.5. The van der Waals surface area contributed by atoms with E-state index in [0.717, 1.165) is 51.3 Å². The van der Waals surface area contributed by atoms with E-state index in [-0.39, 0.29) is 11.9 Å². The fourth-order valence-corrected chi connectivity index (χ4v) is 4.03. The minimum Gasteiger partial charge on any atom is -0.381 e. The predicted octanol–water partition coefficient (Wildman–Crippen LogP) is 1.77. The van der Waals surface area contributed by atoms with Gasteiger partial charge >= 0.3 is 0 Å². The topological polar surface area (TPSA) is 44.8 Å². The molecule has 2 atom stereocenters. The summed E-state index contributed by atoms with van der Waals surface area (Å²) in [5.41, 5.74) is 1.92. The first-order valence-electron chi connectivity index (χ1n) is 9.37. The minimum absolute atomic E-state index is 0.0441. The van der Waals surface area contributed by atoms with Gasteiger partial charge in [0.2, 0.25) is 0 Å². The first-order valence-corrected chi connectivity index (χ1v) is 9.37. The van der Waals surface area contributed by atoms with Crippen LogP contribution >= 0.6 is 0 Å². The molecule has 1 amide bonds. The van der Waals surface area contributed by atoms with Crippen molar-refractivity contribution >= 4 is 5.91 Å². The summed E-state index contributed by atoms with van der Waals surface area (Å²) in [7, 11) is 4.21. The molecule has 25 heavy (non-hydrogen) atoms. The van der Waals surface area contributed by atoms with Gasteiger partial charge in [-0.3, -0.25) is 9.69 Å². The van der Waals surface area contributed by atoms with Gasteiger partial charge in [-0.1, -0.05) is 17.7 Å². The Morgan fingerprint density at radius 3 is 2.52 bits per heavy atom. The number of hydrogen-bond donors (Lipinski definition) is 1. The third-order valence-corrected chi connectivity index (χ3v) is 5.41. The van der Waals surface area contributed by atoms with Crippen LogP contribution in [0.1, 0.15) is 28.8 Å². The summed E-state index contributed by atoms with van der Waals surface area (Å²) in [6.45, 7) is 6.76. The number of carbonyl (C=O) groups excluding carboxylic acids is 1. The Balaban J connectivity index is 1.65. The number of ether oxygens (including phenoxy) is 1. The number of amides is 1. The zero-order valence-electron chi connectivity index (χ0n) is 15.7. The molecule has 138 valence electrons. The third-order valence-electron chi connectivity index (χ3n) is 5.41. The van der Waals surface area contributed by atoms with E-state index in [9.17, 15) is 4.79 Å². The van der Waals surface area contributed by atoms with Crippen LogP contribution in [0.3, 0.4) is 0 Å². The largest absolute Gasteiger partial charge is 0.381 e. The molecule has 2 heterocycles. The third kappa shape index (κ3) is 4.81. The smallest absolute Gasteiger partial charge is 0.251 e. The summed E-state index contributed by atoms with van der Waals surface area (Å²) in [5.74, 6) is 0.509. The molecular weight excluding hydrogens is 314 g/mol. The van der Waals surface area contributed by atoms with E-state index in [2.05, 4.69) is 29.2 Å². The van der Waals surface area contributed by atoms with Gasteiger partial charge in [-0.05, 0) is 46.0 Å². The average molecular weight is 345 g/mol. The Kier molecular flexibility index (Phi) is 6.10. The second-order valence-electron chi connectivity index (χ2n) is 7.77. The van der Waals surface area contributed by atoms with Gasteiger partial charge in [0.15, 0.2) is 0 Å². The number of carbonyl (C=O) groups is 1. The lowest BCUT2D eigenvalue weighted by atomic mass is 10.0. The van der Waals surface area contributed by atoms with Crippen molar-refractivity contribution in [3.63, 3.8) is 0 Å². The highest BCUT2D eigenvalue weighted by Crippen LogP contribution is 2.25. The van der Waals surface area contributed by atoms with E-state index in [1.807, 2.05) is 31.2 Å². The molecule has 5 nitrogen and oxygen atoms in total. The maximum Gasteiger partial charge on any atom is 0.251 e. The molecule has 5 heteroatoms. The van der Waals surface area contributed by atoms with E-state index < -0.39 is 0 Å². The first-order chi connectivity index (χ1) is 12.0. The van der Waals surface area contributed by atoms with Crippen molar-refractivity contribution < 1.29 is 9.53 Å². The summed E-state index contributed by atoms with van der Waals surface area (Å²) in [4.78, 5) is 17.5. The molecule has 0 aliphatic carbocycles. The minimum atomic E-state index is 0.0441. The lowest BCUT2D eigenvalue weighted by Gasteiger charge is -2.31. The van der Waals surface area contributed by atoms with Gasteiger partial charge in [-0.2, -0.15) is 0 Å². The van der Waals surface area contributed by atoms with Crippen molar-refractivity contribution in [2.45, 2.75) is 31.8 Å². The quantitative estimate of drug-likeness (QED) is 0.883. The molecule has 0 unspecified atom stereocenters. The van der Waals surface area contributed by atoms with Gasteiger partial charge < -0.3 is 15.0 Å². The van der Waals surface area contributed by atoms with Crippen LogP contribution in [0.4, 0.5) is 0 Å². The van der Waals surface area contributed by atoms with Crippen molar-refractivity contribution in [2.24, 2.45) is 5.92 Å². The molecule has 1 aromatic rings. The van der Waals surface area contributed by atoms with Crippen molar-refractivity contribution in [2.75, 3.05) is 46.9 Å². The number of nitrogens with one attached hydrogen (secondary N) is 1. The predicted molar refractivity (Wildman–Crippen MR) is 99.9 cm³/mol. The molecule has 0 radical (unpaired) electrons. The van der Waals surface area contributed by atoms with Gasteiger partial charge in [0.1, 0.15) is 0 Å². The summed E-state index contributed by atoms with van der Waals surface area (Å²) in [6.07, 6.45) is 2.21. The number of benzene rings is 1. The van der Waals surface area contributed by atoms with Crippen LogP contribution in [-0.4, -0.2) is 74.7 Å². The fraction of sp³-hybridized carbons (Fsp3) is 0.650. The van der Waals surface area contributed by atoms with Gasteiger partial charge in [-0.25, -0.2) is 0 Å². The highest BCUT2D eigenvalue weighted by molar-refractivity contribution is 5.94. The molecular formula is C20H31N3O2. The second-order valence-corrected chi connectivity index (χ2v) is 7.77. The van der Waals surface area contributed by atoms with E-state index in [1.165, 1.54) is 5.56 Å². The van der Waals surface area contributed by atoms with Gasteiger partial charge in [0, 0.05) is 56.4 Å². The van der Waals surface area contributed by atoms with Crippen LogP contribution in [0.2, 0.25) is 0 Å². The standard InChI is InChI=1S/C20H31N3O2/c1-15-4-6-16(7-5-15)20(24)21-19-14-23(13-17(19)12-22(2)3)18-8-10-25-11-9-18/h4-7,17-19H,8-14H2,1-3H3,(H,21,24)/t17-,19-/m1/s1. The molecule has 0 aromatic heterocycles. The zero-order valence-corrected chi connectivity index (χ0v) is 15.7. The summed E-state index contributed by atoms with van der Waals surface area (Å²) in [6, 6.07) is 8.62. The van der Waals surface area contributed by atoms with Crippen LogP contribution in [0.25, 0.3) is 0 Å². The van der Waals surface area contributed by atoms with Crippen LogP contribution in [0.15, 0.2) is 24.3 Å². The molecule has 0 spiro atoms. The maximum absolute atomic E-state index is 12.7. The van der Waals surface area contributed by atoms with Gasteiger partial charge in [0.05, 0.1) is 0 Å². The molecule has 0 saturated carbocycles. The number of rotatable bonds is 5. The summed E-state index contributed by atoms with van der Waals surface area (Å²) in [5, 5.41) is 3.30. The van der Waals surface area contributed by atoms with Crippen LogP contribution in [-0.2, 0) is 4.74 Å². The molecule has 2 fully saturated rings. The Morgan fingerprint density at radius 1 is 1.20 bits per heavy atom. The van der Waals surface area contributed by atoms with Crippen LogP contribution in [0.5, 0.6) is 0 Å². The van der Waals surface area contributed by atoms with Crippen LogP contribution in [0, 0.1) is 12.8 Å².